The van der Waals surface area contributed by atoms with E-state index in [1.54, 1.807) is 31.2 Å². The maximum Gasteiger partial charge on any atom is 0.254 e. The van der Waals surface area contributed by atoms with E-state index in [9.17, 15) is 9.90 Å². The fourth-order valence-corrected chi connectivity index (χ4v) is 4.35. The van der Waals surface area contributed by atoms with Crippen molar-refractivity contribution >= 4 is 5.91 Å². The number of carbonyl (C=O) groups excluding carboxylic acids is 1. The topological polar surface area (TPSA) is 69.8 Å². The summed E-state index contributed by atoms with van der Waals surface area (Å²) >= 11 is 0. The largest absolute Gasteiger partial charge is 0.372 e. The van der Waals surface area contributed by atoms with Gasteiger partial charge < -0.3 is 20.6 Å². The van der Waals surface area contributed by atoms with E-state index in [0.717, 1.165) is 38.8 Å². The number of amides is 1. The Morgan fingerprint density at radius 1 is 1.19 bits per heavy atom. The van der Waals surface area contributed by atoms with Crippen molar-refractivity contribution in [1.82, 2.24) is 9.80 Å². The summed E-state index contributed by atoms with van der Waals surface area (Å²) in [6, 6.07) is 7.89. The van der Waals surface area contributed by atoms with Crippen LogP contribution in [0, 0.1) is 5.41 Å². The Labute approximate surface area is 162 Å². The van der Waals surface area contributed by atoms with Crippen molar-refractivity contribution in [1.29, 1.82) is 0 Å². The number of hydrogen-bond acceptors (Lipinski definition) is 4. The molecular formula is C22H33N3O2. The summed E-state index contributed by atoms with van der Waals surface area (Å²) in [7, 11) is 0. The second kappa shape index (κ2) is 6.87. The molecule has 0 radical (unpaired) electrons. The van der Waals surface area contributed by atoms with Crippen LogP contribution in [0.2, 0.25) is 0 Å². The number of rotatable bonds is 6. The SMILES string of the molecule is CC1(CN2CCC(N(C(=O)c3ccc(C(C)(N)O)cc3)C3CC3)CC2)CC1. The molecule has 2 aliphatic carbocycles. The van der Waals surface area contributed by atoms with Crippen LogP contribution in [0.15, 0.2) is 24.3 Å². The minimum absolute atomic E-state index is 0.133. The Kier molecular flexibility index (Phi) is 4.81. The lowest BCUT2D eigenvalue weighted by atomic mass is 9.99. The standard InChI is InChI=1S/C22H33N3O2/c1-21(11-12-21)15-24-13-9-19(10-14-24)25(18-7-8-18)20(26)16-3-5-17(6-4-16)22(2,23)27/h3-6,18-19,27H,7-15,23H2,1-2H3. The lowest BCUT2D eigenvalue weighted by molar-refractivity contribution is 0.0529. The van der Waals surface area contributed by atoms with Crippen molar-refractivity contribution in [2.45, 2.75) is 70.2 Å². The molecule has 2 saturated carbocycles. The maximum absolute atomic E-state index is 13.2. The first-order valence-corrected chi connectivity index (χ1v) is 10.4. The van der Waals surface area contributed by atoms with E-state index < -0.39 is 5.72 Å². The molecule has 0 aromatic heterocycles. The van der Waals surface area contributed by atoms with E-state index in [1.165, 1.54) is 19.4 Å². The van der Waals surface area contributed by atoms with Gasteiger partial charge in [-0.05, 0) is 68.6 Å². The van der Waals surface area contributed by atoms with Gasteiger partial charge in [-0.3, -0.25) is 4.79 Å². The van der Waals surface area contributed by atoms with Crippen LogP contribution in [-0.2, 0) is 5.72 Å². The van der Waals surface area contributed by atoms with Gasteiger partial charge in [0.05, 0.1) is 0 Å². The van der Waals surface area contributed by atoms with Crippen molar-refractivity contribution in [2.75, 3.05) is 19.6 Å². The van der Waals surface area contributed by atoms with E-state index >= 15 is 0 Å². The van der Waals surface area contributed by atoms with E-state index in [0.29, 0.717) is 28.6 Å². The molecule has 148 valence electrons. The number of nitrogens with two attached hydrogens (primary N) is 1. The number of nitrogens with zero attached hydrogens (tertiary/aromatic N) is 2. The van der Waals surface area contributed by atoms with Gasteiger partial charge in [0.25, 0.3) is 5.91 Å². The van der Waals surface area contributed by atoms with Crippen LogP contribution in [0.4, 0.5) is 0 Å². The molecule has 1 atom stereocenters. The average molecular weight is 372 g/mol. The normalized spacial score (nSPS) is 25.0. The summed E-state index contributed by atoms with van der Waals surface area (Å²) in [6.07, 6.45) is 7.14. The van der Waals surface area contributed by atoms with E-state index in [4.69, 9.17) is 5.73 Å². The van der Waals surface area contributed by atoms with Crippen molar-refractivity contribution in [2.24, 2.45) is 11.1 Å². The highest BCUT2D eigenvalue weighted by molar-refractivity contribution is 5.95. The lowest BCUT2D eigenvalue weighted by Crippen LogP contribution is -2.49. The lowest BCUT2D eigenvalue weighted by Gasteiger charge is -2.39. The predicted molar refractivity (Wildman–Crippen MR) is 106 cm³/mol. The van der Waals surface area contributed by atoms with Crippen molar-refractivity contribution in [3.05, 3.63) is 35.4 Å². The van der Waals surface area contributed by atoms with Gasteiger partial charge in [0, 0.05) is 37.3 Å². The van der Waals surface area contributed by atoms with Crippen LogP contribution in [0.5, 0.6) is 0 Å². The molecule has 1 amide bonds. The fraction of sp³-hybridized carbons (Fsp3) is 0.682. The van der Waals surface area contributed by atoms with Gasteiger partial charge in [0.15, 0.2) is 0 Å². The molecule has 1 saturated heterocycles. The second-order valence-electron chi connectivity index (χ2n) is 9.49. The molecule has 1 aromatic carbocycles. The highest BCUT2D eigenvalue weighted by Crippen LogP contribution is 2.46. The molecule has 1 unspecified atom stereocenters. The summed E-state index contributed by atoms with van der Waals surface area (Å²) in [4.78, 5) is 18.0. The first-order chi connectivity index (χ1) is 12.8. The molecule has 3 fully saturated rings. The number of hydrogen-bond donors (Lipinski definition) is 2. The Morgan fingerprint density at radius 3 is 2.22 bits per heavy atom. The maximum atomic E-state index is 13.2. The van der Waals surface area contributed by atoms with Crippen molar-refractivity contribution in [3.8, 4) is 0 Å². The molecule has 27 heavy (non-hydrogen) atoms. The van der Waals surface area contributed by atoms with Crippen LogP contribution in [-0.4, -0.2) is 52.5 Å². The zero-order chi connectivity index (χ0) is 19.2. The molecule has 1 aliphatic heterocycles. The number of benzene rings is 1. The van der Waals surface area contributed by atoms with Crippen LogP contribution < -0.4 is 5.73 Å². The Balaban J connectivity index is 1.41. The van der Waals surface area contributed by atoms with E-state index in [2.05, 4.69) is 16.7 Å². The molecule has 0 spiro atoms. The molecule has 1 aromatic rings. The molecule has 4 rings (SSSR count). The van der Waals surface area contributed by atoms with Gasteiger partial charge in [0.2, 0.25) is 0 Å². The smallest absolute Gasteiger partial charge is 0.254 e. The summed E-state index contributed by atoms with van der Waals surface area (Å²) in [5, 5.41) is 9.92. The van der Waals surface area contributed by atoms with Gasteiger partial charge in [-0.15, -0.1) is 0 Å². The predicted octanol–water partition coefficient (Wildman–Crippen LogP) is 2.68. The molecule has 3 N–H and O–H groups in total. The molecule has 5 heteroatoms. The highest BCUT2D eigenvalue weighted by Gasteiger charge is 2.42. The summed E-state index contributed by atoms with van der Waals surface area (Å²) in [5.74, 6) is 0.133. The van der Waals surface area contributed by atoms with Gasteiger partial charge in [0.1, 0.15) is 5.72 Å². The Morgan fingerprint density at radius 2 is 1.74 bits per heavy atom. The van der Waals surface area contributed by atoms with Crippen LogP contribution in [0.3, 0.4) is 0 Å². The average Bonchev–Trinajstić information content (AvgIpc) is 3.55. The Hall–Kier alpha value is -1.43. The Bertz CT molecular complexity index is 679. The highest BCUT2D eigenvalue weighted by atomic mass is 16.3. The molecule has 3 aliphatic rings. The van der Waals surface area contributed by atoms with E-state index in [1.807, 2.05) is 0 Å². The third-order valence-corrected chi connectivity index (χ3v) is 6.55. The van der Waals surface area contributed by atoms with Crippen molar-refractivity contribution < 1.29 is 9.90 Å². The summed E-state index contributed by atoms with van der Waals surface area (Å²) < 4.78 is 0. The van der Waals surface area contributed by atoms with Gasteiger partial charge in [-0.25, -0.2) is 0 Å². The van der Waals surface area contributed by atoms with Crippen LogP contribution >= 0.6 is 0 Å². The first kappa shape index (κ1) is 18.9. The summed E-state index contributed by atoms with van der Waals surface area (Å²) in [5.41, 5.74) is 6.24. The molecular weight excluding hydrogens is 338 g/mol. The fourth-order valence-electron chi connectivity index (χ4n) is 4.35. The number of likely N-dealkylation sites (tertiary alicyclic amines) is 1. The third kappa shape index (κ3) is 4.36. The zero-order valence-corrected chi connectivity index (χ0v) is 16.7. The summed E-state index contributed by atoms with van der Waals surface area (Å²) in [6.45, 7) is 7.37. The number of carbonyl (C=O) groups is 1. The zero-order valence-electron chi connectivity index (χ0n) is 16.7. The molecule has 1 heterocycles. The van der Waals surface area contributed by atoms with Gasteiger partial charge in [-0.1, -0.05) is 19.1 Å². The molecule has 5 nitrogen and oxygen atoms in total. The minimum atomic E-state index is -1.37. The quantitative estimate of drug-likeness (QED) is 0.755. The van der Waals surface area contributed by atoms with Gasteiger partial charge in [-0.2, -0.15) is 0 Å². The number of piperidine rings is 1. The van der Waals surface area contributed by atoms with Crippen LogP contribution in [0.1, 0.15) is 68.3 Å². The number of aliphatic hydroxyl groups is 1. The van der Waals surface area contributed by atoms with Gasteiger partial charge >= 0.3 is 0 Å². The monoisotopic (exact) mass is 371 g/mol. The van der Waals surface area contributed by atoms with Crippen LogP contribution in [0.25, 0.3) is 0 Å². The first-order valence-electron chi connectivity index (χ1n) is 10.4. The van der Waals surface area contributed by atoms with Crippen molar-refractivity contribution in [3.63, 3.8) is 0 Å². The van der Waals surface area contributed by atoms with E-state index in [-0.39, 0.29) is 5.91 Å². The third-order valence-electron chi connectivity index (χ3n) is 6.55. The molecule has 0 bridgehead atoms. The minimum Gasteiger partial charge on any atom is -0.372 e. The second-order valence-corrected chi connectivity index (χ2v) is 9.49.